The minimum atomic E-state index is -0.833. The number of rotatable bonds is 7. The van der Waals surface area contributed by atoms with E-state index in [-0.39, 0.29) is 0 Å². The van der Waals surface area contributed by atoms with E-state index < -0.39 is 5.66 Å². The van der Waals surface area contributed by atoms with Crippen LogP contribution in [0.4, 0.5) is 0 Å². The van der Waals surface area contributed by atoms with E-state index in [9.17, 15) is 0 Å². The zero-order valence-corrected chi connectivity index (χ0v) is 19.4. The van der Waals surface area contributed by atoms with Gasteiger partial charge in [0.1, 0.15) is 11.5 Å². The second kappa shape index (κ2) is 8.90. The molecule has 0 N–H and O–H groups in total. The SMILES string of the molecule is COc1ccc(OC)c(C(C)(n2ccc(-c3ccccc3)n2)n2ccc(-c3ccccc3)n2)c1. The molecule has 34 heavy (non-hydrogen) atoms. The van der Waals surface area contributed by atoms with Crippen molar-refractivity contribution in [1.82, 2.24) is 19.6 Å². The molecular weight excluding hydrogens is 424 g/mol. The lowest BCUT2D eigenvalue weighted by molar-refractivity contribution is 0.254. The second-order valence-corrected chi connectivity index (χ2v) is 8.11. The Labute approximate surface area is 199 Å². The Hall–Kier alpha value is -4.32. The summed E-state index contributed by atoms with van der Waals surface area (Å²) in [6.07, 6.45) is 3.95. The first-order valence-electron chi connectivity index (χ1n) is 11.1. The molecule has 3 aromatic carbocycles. The first kappa shape index (κ1) is 21.5. The quantitative estimate of drug-likeness (QED) is 0.319. The Morgan fingerprint density at radius 3 is 1.65 bits per heavy atom. The molecule has 0 bridgehead atoms. The van der Waals surface area contributed by atoms with E-state index in [0.29, 0.717) is 0 Å². The van der Waals surface area contributed by atoms with Gasteiger partial charge < -0.3 is 9.47 Å². The second-order valence-electron chi connectivity index (χ2n) is 8.11. The fraction of sp³-hybridized carbons (Fsp3) is 0.143. The number of benzene rings is 3. The van der Waals surface area contributed by atoms with Gasteiger partial charge in [0, 0.05) is 29.1 Å². The number of aromatic nitrogens is 4. The summed E-state index contributed by atoms with van der Waals surface area (Å²) in [6.45, 7) is 2.08. The van der Waals surface area contributed by atoms with Crippen molar-refractivity contribution in [2.75, 3.05) is 14.2 Å². The molecule has 6 nitrogen and oxygen atoms in total. The minimum absolute atomic E-state index is 0.719. The molecule has 0 fully saturated rings. The summed E-state index contributed by atoms with van der Waals surface area (Å²) in [5.74, 6) is 1.45. The zero-order chi connectivity index (χ0) is 23.5. The maximum absolute atomic E-state index is 5.78. The Balaban J connectivity index is 1.70. The van der Waals surface area contributed by atoms with Gasteiger partial charge in [-0.25, -0.2) is 9.36 Å². The van der Waals surface area contributed by atoms with E-state index in [1.54, 1.807) is 14.2 Å². The number of hydrogen-bond acceptors (Lipinski definition) is 4. The number of hydrogen-bond donors (Lipinski definition) is 0. The maximum atomic E-state index is 5.78. The Morgan fingerprint density at radius 2 is 1.18 bits per heavy atom. The maximum Gasteiger partial charge on any atom is 0.180 e. The van der Waals surface area contributed by atoms with Crippen LogP contribution < -0.4 is 9.47 Å². The van der Waals surface area contributed by atoms with E-state index in [2.05, 4.69) is 31.2 Å². The van der Waals surface area contributed by atoms with Crippen LogP contribution in [-0.2, 0) is 5.66 Å². The fourth-order valence-electron chi connectivity index (χ4n) is 4.19. The van der Waals surface area contributed by atoms with Crippen molar-refractivity contribution in [1.29, 1.82) is 0 Å². The third kappa shape index (κ3) is 3.73. The van der Waals surface area contributed by atoms with Crippen molar-refractivity contribution >= 4 is 0 Å². The summed E-state index contributed by atoms with van der Waals surface area (Å²) in [5, 5.41) is 9.96. The van der Waals surface area contributed by atoms with Crippen LogP contribution in [0, 0.1) is 0 Å². The van der Waals surface area contributed by atoms with Gasteiger partial charge in [-0.3, -0.25) is 0 Å². The summed E-state index contributed by atoms with van der Waals surface area (Å²) in [5.41, 5.74) is 3.89. The van der Waals surface area contributed by atoms with Gasteiger partial charge in [0.2, 0.25) is 0 Å². The van der Waals surface area contributed by atoms with E-state index in [0.717, 1.165) is 39.6 Å². The molecule has 0 aliphatic carbocycles. The van der Waals surface area contributed by atoms with E-state index in [4.69, 9.17) is 19.7 Å². The van der Waals surface area contributed by atoms with Gasteiger partial charge in [-0.05, 0) is 37.3 Å². The fourth-order valence-corrected chi connectivity index (χ4v) is 4.19. The van der Waals surface area contributed by atoms with Crippen LogP contribution in [0.25, 0.3) is 22.5 Å². The highest BCUT2D eigenvalue weighted by Crippen LogP contribution is 2.38. The van der Waals surface area contributed by atoms with Crippen LogP contribution >= 0.6 is 0 Å². The average Bonchev–Trinajstić information content (AvgIpc) is 3.60. The lowest BCUT2D eigenvalue weighted by Gasteiger charge is -2.32. The summed E-state index contributed by atoms with van der Waals surface area (Å²) in [6, 6.07) is 30.1. The highest BCUT2D eigenvalue weighted by molar-refractivity contribution is 5.59. The van der Waals surface area contributed by atoms with E-state index in [1.165, 1.54) is 0 Å². The summed E-state index contributed by atoms with van der Waals surface area (Å²) in [7, 11) is 3.33. The van der Waals surface area contributed by atoms with E-state index in [1.807, 2.05) is 88.5 Å². The van der Waals surface area contributed by atoms with Crippen LogP contribution in [0.2, 0.25) is 0 Å². The van der Waals surface area contributed by atoms with Crippen molar-refractivity contribution in [3.63, 3.8) is 0 Å². The number of methoxy groups -OCH3 is 2. The highest BCUT2D eigenvalue weighted by Gasteiger charge is 2.36. The molecule has 170 valence electrons. The molecule has 0 radical (unpaired) electrons. The van der Waals surface area contributed by atoms with Gasteiger partial charge in [-0.2, -0.15) is 10.2 Å². The molecule has 5 rings (SSSR count). The first-order valence-corrected chi connectivity index (χ1v) is 11.1. The molecule has 0 saturated heterocycles. The lowest BCUT2D eigenvalue weighted by Crippen LogP contribution is -2.40. The van der Waals surface area contributed by atoms with Crippen LogP contribution in [0.1, 0.15) is 12.5 Å². The van der Waals surface area contributed by atoms with Gasteiger partial charge in [0.15, 0.2) is 5.66 Å². The third-order valence-electron chi connectivity index (χ3n) is 6.13. The number of ether oxygens (including phenoxy) is 2. The van der Waals surface area contributed by atoms with Crippen molar-refractivity contribution < 1.29 is 9.47 Å². The van der Waals surface area contributed by atoms with Gasteiger partial charge in [-0.1, -0.05) is 60.7 Å². The van der Waals surface area contributed by atoms with Crippen molar-refractivity contribution in [3.05, 3.63) is 109 Å². The third-order valence-corrected chi connectivity index (χ3v) is 6.13. The van der Waals surface area contributed by atoms with Crippen molar-refractivity contribution in [3.8, 4) is 34.0 Å². The molecule has 0 atom stereocenters. The largest absolute Gasteiger partial charge is 0.497 e. The molecule has 0 aliphatic heterocycles. The molecule has 2 heterocycles. The Morgan fingerprint density at radius 1 is 0.647 bits per heavy atom. The summed E-state index contributed by atoms with van der Waals surface area (Å²) < 4.78 is 15.2. The highest BCUT2D eigenvalue weighted by atomic mass is 16.5. The molecular formula is C28H26N4O2. The topological polar surface area (TPSA) is 54.1 Å². The minimum Gasteiger partial charge on any atom is -0.497 e. The standard InChI is InChI=1S/C28H26N4O2/c1-28(24-20-23(33-2)14-15-27(24)34-3,31-18-16-25(29-31)21-10-6-4-7-11-21)32-19-17-26(30-32)22-12-8-5-9-13-22/h4-20H,1-3H3. The normalized spacial score (nSPS) is 11.4. The monoisotopic (exact) mass is 450 g/mol. The molecule has 0 saturated carbocycles. The summed E-state index contributed by atoms with van der Waals surface area (Å²) >= 11 is 0. The Kier molecular flexibility index (Phi) is 5.64. The van der Waals surface area contributed by atoms with Gasteiger partial charge in [0.05, 0.1) is 25.6 Å². The Bertz CT molecular complexity index is 1310. The lowest BCUT2D eigenvalue weighted by atomic mass is 10.00. The van der Waals surface area contributed by atoms with Crippen LogP contribution in [0.5, 0.6) is 11.5 Å². The first-order chi connectivity index (χ1) is 16.6. The average molecular weight is 451 g/mol. The van der Waals surface area contributed by atoms with Crippen LogP contribution in [0.15, 0.2) is 103 Å². The molecule has 2 aromatic heterocycles. The van der Waals surface area contributed by atoms with Crippen molar-refractivity contribution in [2.24, 2.45) is 0 Å². The van der Waals surface area contributed by atoms with E-state index >= 15 is 0 Å². The zero-order valence-electron chi connectivity index (χ0n) is 19.4. The van der Waals surface area contributed by atoms with Gasteiger partial charge in [-0.15, -0.1) is 0 Å². The van der Waals surface area contributed by atoms with Crippen LogP contribution in [-0.4, -0.2) is 33.8 Å². The predicted molar refractivity (Wildman–Crippen MR) is 133 cm³/mol. The molecule has 0 amide bonds. The smallest absolute Gasteiger partial charge is 0.180 e. The number of nitrogens with zero attached hydrogens (tertiary/aromatic N) is 4. The van der Waals surface area contributed by atoms with Crippen molar-refractivity contribution in [2.45, 2.75) is 12.6 Å². The molecule has 0 spiro atoms. The molecule has 0 aliphatic rings. The predicted octanol–water partition coefficient (Wildman–Crippen LogP) is 5.70. The van der Waals surface area contributed by atoms with Crippen LogP contribution in [0.3, 0.4) is 0 Å². The van der Waals surface area contributed by atoms with Gasteiger partial charge >= 0.3 is 0 Å². The molecule has 5 aromatic rings. The van der Waals surface area contributed by atoms with Gasteiger partial charge in [0.25, 0.3) is 0 Å². The summed E-state index contributed by atoms with van der Waals surface area (Å²) in [4.78, 5) is 0. The molecule has 0 unspecified atom stereocenters. The molecule has 6 heteroatoms.